The number of alkyl halides is 6. The van der Waals surface area contributed by atoms with Gasteiger partial charge in [-0.25, -0.2) is 0 Å². The number of fused-ring (bicyclic) bond motifs is 2. The molecule has 0 spiro atoms. The molecule has 1 nitrogen and oxygen atoms in total. The molecular weight excluding hydrogens is 1130 g/mol. The van der Waals surface area contributed by atoms with Gasteiger partial charge in [-0.1, -0.05) is 0 Å². The van der Waals surface area contributed by atoms with E-state index in [0.29, 0.717) is 22.5 Å². The van der Waals surface area contributed by atoms with Crippen molar-refractivity contribution in [3.63, 3.8) is 0 Å². The first-order valence-corrected chi connectivity index (χ1v) is 33.8. The third-order valence-electron chi connectivity index (χ3n) is 15.4. The summed E-state index contributed by atoms with van der Waals surface area (Å²) in [5, 5.41) is -0.353. The molecule has 0 bridgehead atoms. The van der Waals surface area contributed by atoms with Crippen LogP contribution in [0.5, 0.6) is 0 Å². The van der Waals surface area contributed by atoms with Crippen molar-refractivity contribution >= 4 is 117 Å². The molecule has 11 rings (SSSR count). The van der Waals surface area contributed by atoms with Crippen LogP contribution in [0, 0.1) is 13.8 Å². The van der Waals surface area contributed by atoms with Crippen LogP contribution in [0.1, 0.15) is 32.8 Å². The number of aryl methyl sites for hydroxylation is 2. The summed E-state index contributed by atoms with van der Waals surface area (Å²) < 4.78 is 103. The molecule has 0 radical (unpaired) electrons. The standard InChI is InChI=1S/C62H49Br2F6NP2S/c1-42-56(52-36-34-44(38-54(52)71(42)3)40-72(63,46-22-10-4-11-23-46,47-24-12-5-13-25-47)48-26-14-6-15-27-48)58-59(61(67,68)62(69,70)60(58,65)66)57-43(2)74-55-39-45(35-37-53(55)57)41-73(64,49-28-16-7-17-29-49,50-30-18-8-19-31-50)51-32-20-9-21-33-51/h4-39H,40-41H2,1-3H3. The first-order chi connectivity index (χ1) is 35.4. The van der Waals surface area contributed by atoms with Crippen LogP contribution in [-0.2, 0) is 19.4 Å². The van der Waals surface area contributed by atoms with Crippen molar-refractivity contribution in [2.45, 2.75) is 43.9 Å². The molecule has 2 heterocycles. The van der Waals surface area contributed by atoms with Gasteiger partial charge in [-0.05, 0) is 0 Å². The van der Waals surface area contributed by atoms with Crippen LogP contribution in [0.25, 0.3) is 32.1 Å². The van der Waals surface area contributed by atoms with Gasteiger partial charge >= 0.3 is 450 Å². The minimum atomic E-state index is -5.75. The number of nitrogens with zero attached hydrogens (tertiary/aromatic N) is 1. The Hall–Kier alpha value is -5.60. The van der Waals surface area contributed by atoms with E-state index in [4.69, 9.17) is 0 Å². The van der Waals surface area contributed by atoms with Gasteiger partial charge in [-0.3, -0.25) is 0 Å². The van der Waals surface area contributed by atoms with Crippen molar-refractivity contribution in [1.29, 1.82) is 0 Å². The zero-order valence-electron chi connectivity index (χ0n) is 40.5. The fourth-order valence-corrected chi connectivity index (χ4v) is 28.2. The first kappa shape index (κ1) is 50.6. The Morgan fingerprint density at radius 1 is 0.432 bits per heavy atom. The summed E-state index contributed by atoms with van der Waals surface area (Å²) in [5.41, 5.74) is -1.02. The molecule has 8 aromatic carbocycles. The molecule has 0 N–H and O–H groups in total. The van der Waals surface area contributed by atoms with Crippen LogP contribution in [0.4, 0.5) is 26.3 Å². The molecule has 0 saturated heterocycles. The van der Waals surface area contributed by atoms with E-state index in [1.165, 1.54) is 6.92 Å². The van der Waals surface area contributed by atoms with Crippen molar-refractivity contribution in [3.05, 3.63) is 251 Å². The number of hydrogen-bond acceptors (Lipinski definition) is 1. The van der Waals surface area contributed by atoms with Crippen molar-refractivity contribution in [2.75, 3.05) is 0 Å². The molecule has 1 aliphatic carbocycles. The fraction of sp³-hybridized carbons (Fsp3) is 0.129. The molecule has 0 amide bonds. The Morgan fingerprint density at radius 2 is 0.757 bits per heavy atom. The Kier molecular flexibility index (Phi) is 12.3. The van der Waals surface area contributed by atoms with E-state index in [9.17, 15) is 0 Å². The topological polar surface area (TPSA) is 4.93 Å². The Labute approximate surface area is 446 Å². The number of benzene rings is 8. The predicted octanol–water partition coefficient (Wildman–Crippen LogP) is 16.5. The van der Waals surface area contributed by atoms with Crippen LogP contribution < -0.4 is 31.8 Å². The number of thiophene rings is 1. The quantitative estimate of drug-likeness (QED) is 0.0849. The maximum absolute atomic E-state index is 17.1. The third kappa shape index (κ3) is 7.22. The monoisotopic (exact) mass is 1170 g/mol. The summed E-state index contributed by atoms with van der Waals surface area (Å²) in [6.07, 6.45) is 0.909. The zero-order valence-corrected chi connectivity index (χ0v) is 46.2. The number of halogens is 8. The summed E-state index contributed by atoms with van der Waals surface area (Å²) in [5.74, 6) is -16.3. The Bertz CT molecular complexity index is 3590. The van der Waals surface area contributed by atoms with E-state index in [1.807, 2.05) is 133 Å². The normalized spacial score (nSPS) is 16.5. The summed E-state index contributed by atoms with van der Waals surface area (Å²) in [6, 6.07) is 71.9. The number of rotatable bonds is 12. The van der Waals surface area contributed by atoms with E-state index >= 15 is 26.3 Å². The zero-order chi connectivity index (χ0) is 51.9. The van der Waals surface area contributed by atoms with Crippen molar-refractivity contribution in [1.82, 2.24) is 4.57 Å². The van der Waals surface area contributed by atoms with Crippen molar-refractivity contribution in [2.24, 2.45) is 7.05 Å². The van der Waals surface area contributed by atoms with Gasteiger partial charge < -0.3 is 0 Å². The third-order valence-corrected chi connectivity index (χ3v) is 35.5. The van der Waals surface area contributed by atoms with E-state index in [0.717, 1.165) is 54.3 Å². The second-order valence-corrected chi connectivity index (χ2v) is 38.5. The molecule has 0 aliphatic heterocycles. The Balaban J connectivity index is 1.10. The maximum atomic E-state index is 17.1. The molecule has 2 aromatic heterocycles. The van der Waals surface area contributed by atoms with Gasteiger partial charge in [0, 0.05) is 0 Å². The SMILES string of the molecule is Cc1sc2cc(CP(Br)(c3ccccc3)(c3ccccc3)c3ccccc3)ccc2c1C1=C(c2c(C)n(C)c3cc(CP(Br)(c4ccccc4)(c4ccccc4)c4ccccc4)ccc23)C(F)(F)C(F)(F)C1(F)F. The van der Waals surface area contributed by atoms with Gasteiger partial charge in [0.2, 0.25) is 0 Å². The van der Waals surface area contributed by atoms with Gasteiger partial charge in [-0.2, -0.15) is 0 Å². The Morgan fingerprint density at radius 3 is 1.12 bits per heavy atom. The molecule has 1 aliphatic rings. The summed E-state index contributed by atoms with van der Waals surface area (Å²) in [4.78, 5) is 0.231. The number of aromatic nitrogens is 1. The number of hydrogen-bond donors (Lipinski definition) is 0. The minimum absolute atomic E-state index is 0.161. The van der Waals surface area contributed by atoms with Crippen molar-refractivity contribution in [3.8, 4) is 0 Å². The van der Waals surface area contributed by atoms with E-state index < -0.39 is 39.5 Å². The molecule has 0 atom stereocenters. The number of allylic oxidation sites excluding steroid dienone is 2. The van der Waals surface area contributed by atoms with E-state index in [-0.39, 0.29) is 32.5 Å². The van der Waals surface area contributed by atoms with E-state index in [2.05, 4.69) is 104 Å². The average Bonchev–Trinajstić information content (AvgIpc) is 3.92. The molecule has 0 fully saturated rings. The average molecular weight is 1180 g/mol. The second-order valence-electron chi connectivity index (χ2n) is 19.4. The molecule has 74 heavy (non-hydrogen) atoms. The van der Waals surface area contributed by atoms with Gasteiger partial charge in [0.25, 0.3) is 0 Å². The molecule has 0 unspecified atom stereocenters. The van der Waals surface area contributed by atoms with E-state index in [1.54, 1.807) is 30.7 Å². The van der Waals surface area contributed by atoms with Crippen LogP contribution in [-0.4, -0.2) is 22.3 Å². The molecule has 12 heteroatoms. The molecular formula is C62H49Br2F6NP2S. The second kappa shape index (κ2) is 18.0. The van der Waals surface area contributed by atoms with Gasteiger partial charge in [0.15, 0.2) is 0 Å². The molecule has 374 valence electrons. The summed E-state index contributed by atoms with van der Waals surface area (Å²) in [6.45, 7) is 3.09. The summed E-state index contributed by atoms with van der Waals surface area (Å²) >= 11 is 10.2. The van der Waals surface area contributed by atoms with Gasteiger partial charge in [-0.15, -0.1) is 0 Å². The predicted molar refractivity (Wildman–Crippen MR) is 311 cm³/mol. The van der Waals surface area contributed by atoms with Crippen LogP contribution in [0.2, 0.25) is 0 Å². The van der Waals surface area contributed by atoms with Crippen LogP contribution in [0.3, 0.4) is 0 Å². The van der Waals surface area contributed by atoms with Crippen molar-refractivity contribution < 1.29 is 26.3 Å². The van der Waals surface area contributed by atoms with Crippen LogP contribution in [0.15, 0.2) is 218 Å². The van der Waals surface area contributed by atoms with Gasteiger partial charge in [0.05, 0.1) is 0 Å². The van der Waals surface area contributed by atoms with Gasteiger partial charge in [0.1, 0.15) is 0 Å². The summed E-state index contributed by atoms with van der Waals surface area (Å²) in [7, 11) is 1.67. The molecule has 0 saturated carbocycles. The molecule has 10 aromatic rings. The first-order valence-electron chi connectivity index (χ1n) is 24.1. The van der Waals surface area contributed by atoms with Crippen LogP contribution >= 0.6 is 52.9 Å². The fourth-order valence-electron chi connectivity index (χ4n) is 11.6.